The highest BCUT2D eigenvalue weighted by atomic mass is 14.7. The van der Waals surface area contributed by atoms with Crippen molar-refractivity contribution in [1.29, 1.82) is 0 Å². The predicted molar refractivity (Wildman–Crippen MR) is 577 cm³/mol. The van der Waals surface area contributed by atoms with Gasteiger partial charge >= 0.3 is 0 Å². The summed E-state index contributed by atoms with van der Waals surface area (Å²) in [5, 5.41) is 0. The van der Waals surface area contributed by atoms with Gasteiger partial charge in [0.25, 0.3) is 0 Å². The molecule has 0 saturated heterocycles. The fourth-order valence-corrected chi connectivity index (χ4v) is 38.0. The van der Waals surface area contributed by atoms with E-state index in [9.17, 15) is 0 Å². The average Bonchev–Trinajstić information content (AvgIpc) is 0.712. The van der Waals surface area contributed by atoms with Crippen molar-refractivity contribution in [1.82, 2.24) is 0 Å². The van der Waals surface area contributed by atoms with Gasteiger partial charge in [-0.05, 0) is 380 Å². The minimum absolute atomic E-state index is 0.384. The van der Waals surface area contributed by atoms with Gasteiger partial charge < -0.3 is 0 Å². The van der Waals surface area contributed by atoms with E-state index in [1.54, 1.807) is 0 Å². The first-order valence-corrected chi connectivity index (χ1v) is 57.4. The zero-order chi connectivity index (χ0) is 99.2. The van der Waals surface area contributed by atoms with E-state index < -0.39 is 0 Å². The molecule has 0 aromatic heterocycles. The molecule has 0 aromatic carbocycles. The third-order valence-corrected chi connectivity index (χ3v) is 38.3. The highest BCUT2D eigenvalue weighted by molar-refractivity contribution is 5.13. The largest absolute Gasteiger partial charge is 0.0625 e. The molecular weight excluding hydrogens is 1510 g/mol. The van der Waals surface area contributed by atoms with Crippen molar-refractivity contribution in [3.63, 3.8) is 0 Å². The molecule has 0 radical (unpaired) electrons. The molecular formula is C126H252. The average molecular weight is 1770 g/mol. The van der Waals surface area contributed by atoms with E-state index in [1.807, 2.05) is 0 Å². The highest BCUT2D eigenvalue weighted by Gasteiger charge is 2.65. The molecule has 0 bridgehead atoms. The Kier molecular flexibility index (Phi) is 53.5. The maximum absolute atomic E-state index is 2.90. The van der Waals surface area contributed by atoms with Crippen molar-refractivity contribution < 1.29 is 0 Å². The van der Waals surface area contributed by atoms with Gasteiger partial charge in [0, 0.05) is 0 Å². The van der Waals surface area contributed by atoms with E-state index in [1.165, 1.54) is 12.8 Å². The Labute approximate surface area is 803 Å². The van der Waals surface area contributed by atoms with Gasteiger partial charge in [-0.25, -0.2) is 0 Å². The third kappa shape index (κ3) is 30.5. The fourth-order valence-electron chi connectivity index (χ4n) is 38.0. The smallest absolute Gasteiger partial charge is 0.0313 e. The van der Waals surface area contributed by atoms with Crippen molar-refractivity contribution >= 4 is 0 Å². The van der Waals surface area contributed by atoms with Crippen LogP contribution in [0.4, 0.5) is 0 Å². The quantitative estimate of drug-likeness (QED) is 0.0569. The fraction of sp³-hybridized carbons (Fsp3) is 1.00. The van der Waals surface area contributed by atoms with E-state index in [0.29, 0.717) is 367 Å². The molecule has 0 aromatic rings. The topological polar surface area (TPSA) is 0 Å². The molecule has 1 aliphatic carbocycles. The molecule has 0 spiro atoms. The van der Waals surface area contributed by atoms with Crippen molar-refractivity contribution in [2.24, 2.45) is 367 Å². The second-order valence-electron chi connectivity index (χ2n) is 57.2. The van der Waals surface area contributed by atoms with Crippen LogP contribution in [0.1, 0.15) is 442 Å². The summed E-state index contributed by atoms with van der Waals surface area (Å²) in [6.45, 7) is 175. The van der Waals surface area contributed by atoms with Crippen molar-refractivity contribution in [2.75, 3.05) is 0 Å². The minimum Gasteiger partial charge on any atom is -0.0625 e. The van der Waals surface area contributed by atoms with Gasteiger partial charge in [-0.3, -0.25) is 0 Å². The minimum atomic E-state index is 0.384. The second-order valence-corrected chi connectivity index (χ2v) is 57.2. The molecule has 126 heavy (non-hydrogen) atoms. The Morgan fingerprint density at radius 1 is 0.127 bits per heavy atom. The van der Waals surface area contributed by atoms with Gasteiger partial charge in [0.2, 0.25) is 0 Å². The zero-order valence-corrected chi connectivity index (χ0v) is 99.2. The first kappa shape index (κ1) is 124. The van der Waals surface area contributed by atoms with Gasteiger partial charge in [-0.1, -0.05) is 429 Å². The Balaban J connectivity index is 8.22. The Morgan fingerprint density at radius 2 is 0.238 bits per heavy atom. The number of hydrogen-bond donors (Lipinski definition) is 0. The first-order valence-electron chi connectivity index (χ1n) is 57.4. The summed E-state index contributed by atoms with van der Waals surface area (Å²) in [6, 6.07) is 0. The predicted octanol–water partition coefficient (Wildman–Crippen LogP) is 40.2. The molecule has 6 unspecified atom stereocenters. The molecule has 1 aliphatic rings. The standard InChI is InChI=1S/C126H252/c1-65(2)99(66(3)4)119(100(67(5)6)68(7)8)115(120(101(69(9)10)70(11)12)102(71(13)14)72(15)16)97(116(121(103(73(17)18)74(19)20)104(75(21)22)76(23)24)122(105(77(25)26)78(27)28)106(79(29)30)80(31)32)64-98(117(123(107(81(33)34)82(35)36)108(83(37)38)84(39)40)124(109(85(41)42)86(43)44)110(87(45)46)88(47)48)118(125(111(89(49)50)90(51)52)112(91(53)54)92(55)56)126-113(93(57)58)95(61)63-96(62)114(126)94(59)60/h65-126H,63-64H2,1-62H3. The molecule has 0 aliphatic heterocycles. The summed E-state index contributed by atoms with van der Waals surface area (Å²) < 4.78 is 0. The van der Waals surface area contributed by atoms with E-state index in [2.05, 4.69) is 429 Å². The SMILES string of the molecule is CC(C)C(C(C)C)C(C(C(C)C)C(C)C)C(C(CC(C(C(C(C(C)C)C(C)C)C(C(C)C)C(C)C)C(C(C(C)C)C(C)C)C(C(C)C)C(C)C)C(C(C(C(C)C)C(C)C)C(C(C)C)C(C)C)C1C(C(C)C)C(C)CC(C)C1C(C)C)C(C(C(C(C)C)C(C)C)C(C(C)C)C(C)C)C(C(C(C)C)C(C)C)C(C(C)C)C(C)C)C(C(C(C)C)C(C)C)C(C(C)C)C(C)C. The number of hydrogen-bond acceptors (Lipinski definition) is 0. The highest BCUT2D eigenvalue weighted by Crippen LogP contribution is 2.70. The van der Waals surface area contributed by atoms with Crippen LogP contribution in [0, 0.1) is 367 Å². The van der Waals surface area contributed by atoms with Crippen LogP contribution in [-0.4, -0.2) is 0 Å². The van der Waals surface area contributed by atoms with Crippen LogP contribution in [0.5, 0.6) is 0 Å². The molecule has 0 N–H and O–H groups in total. The lowest BCUT2D eigenvalue weighted by Crippen LogP contribution is -2.61. The zero-order valence-electron chi connectivity index (χ0n) is 99.2. The Hall–Kier alpha value is 0. The Morgan fingerprint density at radius 3 is 0.349 bits per heavy atom. The molecule has 1 fully saturated rings. The van der Waals surface area contributed by atoms with Gasteiger partial charge in [-0.15, -0.1) is 0 Å². The van der Waals surface area contributed by atoms with Gasteiger partial charge in [0.05, 0.1) is 0 Å². The van der Waals surface area contributed by atoms with Crippen LogP contribution in [0.25, 0.3) is 0 Å². The van der Waals surface area contributed by atoms with Crippen LogP contribution in [0.2, 0.25) is 0 Å². The molecule has 6 atom stereocenters. The lowest BCUT2D eigenvalue weighted by Gasteiger charge is -2.65. The molecule has 0 amide bonds. The van der Waals surface area contributed by atoms with Gasteiger partial charge in [0.1, 0.15) is 0 Å². The Bertz CT molecular complexity index is 2280. The summed E-state index contributed by atoms with van der Waals surface area (Å²) in [4.78, 5) is 0. The summed E-state index contributed by atoms with van der Waals surface area (Å²) in [6.07, 6.45) is 2.72. The maximum Gasteiger partial charge on any atom is -0.0313 e. The van der Waals surface area contributed by atoms with E-state index >= 15 is 0 Å². The number of rotatable bonds is 58. The monoisotopic (exact) mass is 1770 g/mol. The van der Waals surface area contributed by atoms with Crippen LogP contribution >= 0.6 is 0 Å². The summed E-state index contributed by atoms with van der Waals surface area (Å²) >= 11 is 0. The lowest BCUT2D eigenvalue weighted by atomic mass is 9.39. The van der Waals surface area contributed by atoms with Gasteiger partial charge in [0.15, 0.2) is 0 Å². The maximum atomic E-state index is 2.90. The van der Waals surface area contributed by atoms with Gasteiger partial charge in [-0.2, -0.15) is 0 Å². The molecule has 0 heteroatoms. The van der Waals surface area contributed by atoms with Crippen molar-refractivity contribution in [3.05, 3.63) is 0 Å². The van der Waals surface area contributed by atoms with Crippen LogP contribution in [-0.2, 0) is 0 Å². The van der Waals surface area contributed by atoms with Crippen LogP contribution in [0.3, 0.4) is 0 Å². The van der Waals surface area contributed by atoms with E-state index in [0.717, 1.165) is 0 Å². The second kappa shape index (κ2) is 54.4. The molecule has 0 nitrogen and oxygen atoms in total. The first-order chi connectivity index (χ1) is 57.4. The van der Waals surface area contributed by atoms with Crippen molar-refractivity contribution in [3.8, 4) is 0 Å². The normalized spacial score (nSPS) is 18.7. The van der Waals surface area contributed by atoms with Crippen LogP contribution < -0.4 is 0 Å². The molecule has 1 rings (SSSR count). The molecule has 756 valence electrons. The molecule has 0 heterocycles. The lowest BCUT2D eigenvalue weighted by molar-refractivity contribution is -0.178. The third-order valence-electron chi connectivity index (χ3n) is 38.3. The molecule has 1 saturated carbocycles. The van der Waals surface area contributed by atoms with E-state index in [-0.39, 0.29) is 0 Å². The summed E-state index contributed by atoms with van der Waals surface area (Å²) in [5.74, 6) is 31.5. The van der Waals surface area contributed by atoms with Crippen LogP contribution in [0.15, 0.2) is 0 Å². The van der Waals surface area contributed by atoms with E-state index in [4.69, 9.17) is 0 Å². The summed E-state index contributed by atoms with van der Waals surface area (Å²) in [5.41, 5.74) is 0. The summed E-state index contributed by atoms with van der Waals surface area (Å²) in [7, 11) is 0. The van der Waals surface area contributed by atoms with Crippen molar-refractivity contribution in [2.45, 2.75) is 442 Å².